The van der Waals surface area contributed by atoms with Crippen molar-refractivity contribution in [2.75, 3.05) is 26.2 Å². The van der Waals surface area contributed by atoms with Gasteiger partial charge < -0.3 is 14.8 Å². The third-order valence-corrected chi connectivity index (χ3v) is 4.68. The summed E-state index contributed by atoms with van der Waals surface area (Å²) in [6.07, 6.45) is 1.74. The molecular weight excluding hydrogens is 314 g/mol. The molecule has 5 heteroatoms. The number of nitrogens with one attached hydrogen (secondary N) is 1. The molecule has 1 aliphatic heterocycles. The van der Waals surface area contributed by atoms with E-state index < -0.39 is 0 Å². The summed E-state index contributed by atoms with van der Waals surface area (Å²) in [5.41, 5.74) is 2.59. The van der Waals surface area contributed by atoms with Crippen LogP contribution in [0.3, 0.4) is 0 Å². The van der Waals surface area contributed by atoms with Gasteiger partial charge in [-0.2, -0.15) is 0 Å². The van der Waals surface area contributed by atoms with Crippen molar-refractivity contribution in [2.45, 2.75) is 26.2 Å². The lowest BCUT2D eigenvalue weighted by molar-refractivity contribution is 0.0532. The zero-order valence-electron chi connectivity index (χ0n) is 15.1. The van der Waals surface area contributed by atoms with E-state index in [-0.39, 0.29) is 17.2 Å². The van der Waals surface area contributed by atoms with Crippen molar-refractivity contribution < 1.29 is 9.59 Å². The quantitative estimate of drug-likeness (QED) is 0.915. The largest absolute Gasteiger partial charge is 0.357 e. The predicted molar refractivity (Wildman–Crippen MR) is 97.7 cm³/mol. The molecule has 25 heavy (non-hydrogen) atoms. The molecule has 5 nitrogen and oxygen atoms in total. The molecule has 2 amide bonds. The first-order valence-corrected chi connectivity index (χ1v) is 8.69. The standard InChI is InChI=1S/C20H25N3O2/c1-20(2,3)16-8-6-15(7-9-16)18(24)22-11-13-23(14-12-22)19(25)17-5-4-10-21-17/h4-10,21H,11-14H2,1-3H3. The third-order valence-electron chi connectivity index (χ3n) is 4.68. The van der Waals surface area contributed by atoms with Crippen molar-refractivity contribution >= 4 is 11.8 Å². The molecule has 2 aromatic rings. The number of benzene rings is 1. The van der Waals surface area contributed by atoms with Crippen LogP contribution in [0.2, 0.25) is 0 Å². The summed E-state index contributed by atoms with van der Waals surface area (Å²) < 4.78 is 0. The highest BCUT2D eigenvalue weighted by Gasteiger charge is 2.26. The fraction of sp³-hybridized carbons (Fsp3) is 0.400. The van der Waals surface area contributed by atoms with Crippen LogP contribution in [0.25, 0.3) is 0 Å². The average Bonchev–Trinajstić information content (AvgIpc) is 3.14. The van der Waals surface area contributed by atoms with E-state index in [1.54, 1.807) is 17.2 Å². The number of aromatic nitrogens is 1. The number of carbonyl (C=O) groups excluding carboxylic acids is 2. The van der Waals surface area contributed by atoms with E-state index in [0.717, 1.165) is 0 Å². The van der Waals surface area contributed by atoms with Crippen LogP contribution in [-0.2, 0) is 5.41 Å². The van der Waals surface area contributed by atoms with Crippen LogP contribution in [-0.4, -0.2) is 52.8 Å². The maximum absolute atomic E-state index is 12.7. The number of amides is 2. The van der Waals surface area contributed by atoms with Crippen LogP contribution in [0.5, 0.6) is 0 Å². The first-order chi connectivity index (χ1) is 11.9. The average molecular weight is 339 g/mol. The molecule has 1 aromatic heterocycles. The molecule has 1 aliphatic rings. The summed E-state index contributed by atoms with van der Waals surface area (Å²) in [6.45, 7) is 8.71. The van der Waals surface area contributed by atoms with Crippen LogP contribution >= 0.6 is 0 Å². The lowest BCUT2D eigenvalue weighted by Crippen LogP contribution is -2.50. The highest BCUT2D eigenvalue weighted by Crippen LogP contribution is 2.22. The topological polar surface area (TPSA) is 56.4 Å². The number of nitrogens with zero attached hydrogens (tertiary/aromatic N) is 2. The van der Waals surface area contributed by atoms with E-state index in [2.05, 4.69) is 25.8 Å². The van der Waals surface area contributed by atoms with Crippen molar-refractivity contribution in [2.24, 2.45) is 0 Å². The Kier molecular flexibility index (Phi) is 4.66. The highest BCUT2D eigenvalue weighted by molar-refractivity contribution is 5.95. The van der Waals surface area contributed by atoms with Gasteiger partial charge >= 0.3 is 0 Å². The summed E-state index contributed by atoms with van der Waals surface area (Å²) >= 11 is 0. The summed E-state index contributed by atoms with van der Waals surface area (Å²) in [5, 5.41) is 0. The van der Waals surface area contributed by atoms with E-state index in [4.69, 9.17) is 0 Å². The zero-order chi connectivity index (χ0) is 18.0. The SMILES string of the molecule is CC(C)(C)c1ccc(C(=O)N2CCN(C(=O)c3ccc[nH]3)CC2)cc1. The van der Waals surface area contributed by atoms with Gasteiger partial charge in [0.25, 0.3) is 11.8 Å². The van der Waals surface area contributed by atoms with Gasteiger partial charge in [0.1, 0.15) is 5.69 Å². The normalized spacial score (nSPS) is 15.3. The molecule has 0 saturated carbocycles. The van der Waals surface area contributed by atoms with E-state index in [1.807, 2.05) is 35.2 Å². The molecule has 1 saturated heterocycles. The predicted octanol–water partition coefficient (Wildman–Crippen LogP) is 2.91. The second kappa shape index (κ2) is 6.75. The molecule has 0 unspecified atom stereocenters. The van der Waals surface area contributed by atoms with Gasteiger partial charge in [-0.15, -0.1) is 0 Å². The number of piperazine rings is 1. The maximum atomic E-state index is 12.7. The van der Waals surface area contributed by atoms with Gasteiger partial charge in [0.2, 0.25) is 0 Å². The number of hydrogen-bond donors (Lipinski definition) is 1. The van der Waals surface area contributed by atoms with Gasteiger partial charge in [-0.3, -0.25) is 9.59 Å². The first-order valence-electron chi connectivity index (χ1n) is 8.69. The van der Waals surface area contributed by atoms with E-state index in [0.29, 0.717) is 37.4 Å². The van der Waals surface area contributed by atoms with Gasteiger partial charge in [0.15, 0.2) is 0 Å². The Balaban J connectivity index is 1.61. The number of hydrogen-bond acceptors (Lipinski definition) is 2. The highest BCUT2D eigenvalue weighted by atomic mass is 16.2. The molecule has 3 rings (SSSR count). The van der Waals surface area contributed by atoms with Crippen LogP contribution in [0, 0.1) is 0 Å². The molecule has 1 fully saturated rings. The smallest absolute Gasteiger partial charge is 0.270 e. The van der Waals surface area contributed by atoms with Gasteiger partial charge in [-0.05, 0) is 35.2 Å². The third kappa shape index (κ3) is 3.76. The summed E-state index contributed by atoms with van der Waals surface area (Å²) in [4.78, 5) is 31.6. The Morgan fingerprint density at radius 3 is 1.92 bits per heavy atom. The van der Waals surface area contributed by atoms with Crippen molar-refractivity contribution in [3.8, 4) is 0 Å². The van der Waals surface area contributed by atoms with Crippen molar-refractivity contribution in [3.63, 3.8) is 0 Å². The van der Waals surface area contributed by atoms with Gasteiger partial charge in [-0.25, -0.2) is 0 Å². The van der Waals surface area contributed by atoms with Crippen molar-refractivity contribution in [3.05, 3.63) is 59.4 Å². The van der Waals surface area contributed by atoms with Crippen molar-refractivity contribution in [1.82, 2.24) is 14.8 Å². The maximum Gasteiger partial charge on any atom is 0.270 e. The molecule has 2 heterocycles. The minimum Gasteiger partial charge on any atom is -0.357 e. The Hall–Kier alpha value is -2.56. The van der Waals surface area contributed by atoms with Gasteiger partial charge in [0.05, 0.1) is 0 Å². The Labute approximate surface area is 148 Å². The second-order valence-electron chi connectivity index (χ2n) is 7.50. The van der Waals surface area contributed by atoms with Crippen LogP contribution in [0.15, 0.2) is 42.6 Å². The molecule has 0 radical (unpaired) electrons. The molecule has 0 bridgehead atoms. The Morgan fingerprint density at radius 1 is 0.880 bits per heavy atom. The monoisotopic (exact) mass is 339 g/mol. The molecule has 1 N–H and O–H groups in total. The van der Waals surface area contributed by atoms with E-state index in [1.165, 1.54) is 5.56 Å². The molecule has 1 aromatic carbocycles. The number of carbonyl (C=O) groups is 2. The van der Waals surface area contributed by atoms with Crippen LogP contribution < -0.4 is 0 Å². The van der Waals surface area contributed by atoms with Crippen LogP contribution in [0.4, 0.5) is 0 Å². The summed E-state index contributed by atoms with van der Waals surface area (Å²) in [5.74, 6) is 0.0269. The molecular formula is C20H25N3O2. The van der Waals surface area contributed by atoms with E-state index >= 15 is 0 Å². The Morgan fingerprint density at radius 2 is 1.44 bits per heavy atom. The molecule has 132 valence electrons. The van der Waals surface area contributed by atoms with Crippen molar-refractivity contribution in [1.29, 1.82) is 0 Å². The molecule has 0 spiro atoms. The second-order valence-corrected chi connectivity index (χ2v) is 7.50. The lowest BCUT2D eigenvalue weighted by Gasteiger charge is -2.34. The van der Waals surface area contributed by atoms with Gasteiger partial charge in [0, 0.05) is 37.9 Å². The van der Waals surface area contributed by atoms with Crippen LogP contribution in [0.1, 0.15) is 47.2 Å². The first kappa shape index (κ1) is 17.3. The summed E-state index contributed by atoms with van der Waals surface area (Å²) in [6, 6.07) is 11.4. The number of H-pyrrole nitrogens is 1. The lowest BCUT2D eigenvalue weighted by atomic mass is 9.86. The summed E-state index contributed by atoms with van der Waals surface area (Å²) in [7, 11) is 0. The molecule has 0 atom stereocenters. The zero-order valence-corrected chi connectivity index (χ0v) is 15.1. The fourth-order valence-electron chi connectivity index (χ4n) is 3.04. The minimum absolute atomic E-state index is 0.00775. The fourth-order valence-corrected chi connectivity index (χ4v) is 3.04. The molecule has 0 aliphatic carbocycles. The minimum atomic E-state index is -0.00775. The number of rotatable bonds is 2. The van der Waals surface area contributed by atoms with Gasteiger partial charge in [-0.1, -0.05) is 32.9 Å². The number of aromatic amines is 1. The Bertz CT molecular complexity index is 734. The van der Waals surface area contributed by atoms with E-state index in [9.17, 15) is 9.59 Å².